The third-order valence-corrected chi connectivity index (χ3v) is 4.67. The summed E-state index contributed by atoms with van der Waals surface area (Å²) in [6.07, 6.45) is 4.01. The fraction of sp³-hybridized carbons (Fsp3) is 0.350. The van der Waals surface area contributed by atoms with Crippen LogP contribution < -0.4 is 9.64 Å². The van der Waals surface area contributed by atoms with E-state index in [1.807, 2.05) is 36.4 Å². The number of hydrogen-bond donors (Lipinski definition) is 1. The van der Waals surface area contributed by atoms with Gasteiger partial charge in [0.1, 0.15) is 5.75 Å². The summed E-state index contributed by atoms with van der Waals surface area (Å²) in [5.74, 6) is 0.553. The van der Waals surface area contributed by atoms with Crippen LogP contribution >= 0.6 is 0 Å². The van der Waals surface area contributed by atoms with Crippen molar-refractivity contribution in [3.63, 3.8) is 0 Å². The van der Waals surface area contributed by atoms with E-state index < -0.39 is 6.10 Å². The molecule has 2 aliphatic rings. The lowest BCUT2D eigenvalue weighted by atomic mass is 10.00. The van der Waals surface area contributed by atoms with E-state index in [1.165, 1.54) is 5.57 Å². The first-order valence-electron chi connectivity index (χ1n) is 8.52. The van der Waals surface area contributed by atoms with Crippen molar-refractivity contribution in [1.82, 2.24) is 4.90 Å². The van der Waals surface area contributed by atoms with Crippen LogP contribution in [0.1, 0.15) is 6.42 Å². The number of amides is 1. The number of para-hydroxylation sites is 2. The molecule has 2 heterocycles. The van der Waals surface area contributed by atoms with Gasteiger partial charge in [0, 0.05) is 19.6 Å². The topological polar surface area (TPSA) is 53.0 Å². The number of fused-ring (bicyclic) bond motifs is 1. The number of carbonyl (C=O) groups is 1. The van der Waals surface area contributed by atoms with E-state index in [-0.39, 0.29) is 19.1 Å². The first kappa shape index (κ1) is 17.5. The van der Waals surface area contributed by atoms with Crippen LogP contribution in [0.15, 0.2) is 60.7 Å². The molecule has 0 saturated heterocycles. The number of ether oxygens (including phenoxy) is 1. The molecule has 1 atom stereocenters. The van der Waals surface area contributed by atoms with E-state index in [2.05, 4.69) is 18.1 Å². The lowest BCUT2D eigenvalue weighted by Gasteiger charge is -2.34. The van der Waals surface area contributed by atoms with Gasteiger partial charge in [-0.15, -0.1) is 0 Å². The van der Waals surface area contributed by atoms with Crippen LogP contribution in [0.25, 0.3) is 0 Å². The van der Waals surface area contributed by atoms with Crippen LogP contribution in [-0.2, 0) is 4.79 Å². The summed E-state index contributed by atoms with van der Waals surface area (Å²) in [5.41, 5.74) is 3.09. The molecule has 0 aliphatic carbocycles. The maximum Gasteiger partial charge on any atom is 0.265 e. The van der Waals surface area contributed by atoms with Crippen LogP contribution in [0.3, 0.4) is 0 Å². The van der Waals surface area contributed by atoms with Gasteiger partial charge < -0.3 is 14.7 Å². The Kier molecular flexibility index (Phi) is 5.36. The molecule has 0 bridgehead atoms. The Morgan fingerprint density at radius 1 is 1.20 bits per heavy atom. The molecule has 0 saturated carbocycles. The van der Waals surface area contributed by atoms with Gasteiger partial charge in [0.2, 0.25) is 0 Å². The number of benzene rings is 1. The molecule has 0 fully saturated rings. The highest BCUT2D eigenvalue weighted by Crippen LogP contribution is 2.31. The largest absolute Gasteiger partial charge is 0.482 e. The SMILES string of the molecule is C=CC1=C(C=C)CN(CC(O)CN2C(=O)COc3ccccc32)CC1. The van der Waals surface area contributed by atoms with Crippen LogP contribution in [-0.4, -0.2) is 54.8 Å². The molecule has 2 aliphatic heterocycles. The second-order valence-corrected chi connectivity index (χ2v) is 6.36. The number of aliphatic hydroxyl groups excluding tert-OH is 1. The maximum absolute atomic E-state index is 12.2. The molecular weight excluding hydrogens is 316 g/mol. The maximum atomic E-state index is 12.2. The molecule has 1 unspecified atom stereocenters. The normalized spacial score (nSPS) is 19.2. The van der Waals surface area contributed by atoms with Crippen LogP contribution in [0.2, 0.25) is 0 Å². The van der Waals surface area contributed by atoms with Gasteiger partial charge >= 0.3 is 0 Å². The zero-order chi connectivity index (χ0) is 17.8. The van der Waals surface area contributed by atoms with Gasteiger partial charge in [-0.05, 0) is 29.7 Å². The van der Waals surface area contributed by atoms with Gasteiger partial charge in [0.15, 0.2) is 6.61 Å². The number of anilines is 1. The first-order valence-corrected chi connectivity index (χ1v) is 8.52. The molecule has 1 aromatic carbocycles. The van der Waals surface area contributed by atoms with Gasteiger partial charge in [-0.3, -0.25) is 9.69 Å². The summed E-state index contributed by atoms with van der Waals surface area (Å²) in [5, 5.41) is 10.5. The minimum absolute atomic E-state index is 0.0134. The highest BCUT2D eigenvalue weighted by Gasteiger charge is 2.28. The van der Waals surface area contributed by atoms with Crippen LogP contribution in [0, 0.1) is 0 Å². The van der Waals surface area contributed by atoms with E-state index in [0.29, 0.717) is 12.3 Å². The van der Waals surface area contributed by atoms with Gasteiger partial charge in [-0.1, -0.05) is 37.4 Å². The van der Waals surface area contributed by atoms with Crippen molar-refractivity contribution >= 4 is 11.6 Å². The van der Waals surface area contributed by atoms with Crippen molar-refractivity contribution in [1.29, 1.82) is 0 Å². The Bertz CT molecular complexity index is 711. The molecule has 1 amide bonds. The molecule has 5 heteroatoms. The molecule has 0 aromatic heterocycles. The second kappa shape index (κ2) is 7.68. The summed E-state index contributed by atoms with van der Waals surface area (Å²) in [6, 6.07) is 7.42. The highest BCUT2D eigenvalue weighted by molar-refractivity contribution is 5.97. The molecule has 0 spiro atoms. The Labute approximate surface area is 148 Å². The Morgan fingerprint density at radius 3 is 2.72 bits per heavy atom. The summed E-state index contributed by atoms with van der Waals surface area (Å²) >= 11 is 0. The lowest BCUT2D eigenvalue weighted by Crippen LogP contribution is -2.47. The Hall–Kier alpha value is -2.37. The predicted molar refractivity (Wildman–Crippen MR) is 98.8 cm³/mol. The first-order chi connectivity index (χ1) is 12.1. The standard InChI is InChI=1S/C20H24N2O3/c1-3-15-9-10-21(11-16(15)4-2)12-17(23)13-22-18-7-5-6-8-19(18)25-14-20(22)24/h3-8,17,23H,1-2,9-14H2. The molecule has 3 rings (SSSR count). The predicted octanol–water partition coefficient (Wildman–Crippen LogP) is 2.15. The summed E-state index contributed by atoms with van der Waals surface area (Å²) in [6.45, 7) is 10.1. The second-order valence-electron chi connectivity index (χ2n) is 6.36. The quantitative estimate of drug-likeness (QED) is 0.862. The van der Waals surface area contributed by atoms with Crippen LogP contribution in [0.5, 0.6) is 5.75 Å². The van der Waals surface area contributed by atoms with Gasteiger partial charge in [0.25, 0.3) is 5.91 Å². The number of allylic oxidation sites excluding steroid dienone is 1. The van der Waals surface area contributed by atoms with Crippen molar-refractivity contribution in [2.75, 3.05) is 37.7 Å². The highest BCUT2D eigenvalue weighted by atomic mass is 16.5. The van der Waals surface area contributed by atoms with E-state index in [4.69, 9.17) is 4.74 Å². The smallest absolute Gasteiger partial charge is 0.265 e. The van der Waals surface area contributed by atoms with Crippen molar-refractivity contribution in [2.45, 2.75) is 12.5 Å². The molecular formula is C20H24N2O3. The van der Waals surface area contributed by atoms with Crippen molar-refractivity contribution < 1.29 is 14.6 Å². The molecule has 0 radical (unpaired) electrons. The summed E-state index contributed by atoms with van der Waals surface area (Å²) < 4.78 is 5.44. The van der Waals surface area contributed by atoms with Crippen molar-refractivity contribution in [3.8, 4) is 5.75 Å². The van der Waals surface area contributed by atoms with E-state index in [1.54, 1.807) is 4.90 Å². The van der Waals surface area contributed by atoms with E-state index in [0.717, 1.165) is 30.8 Å². The monoisotopic (exact) mass is 340 g/mol. The Balaban J connectivity index is 1.64. The van der Waals surface area contributed by atoms with Gasteiger partial charge in [-0.25, -0.2) is 0 Å². The number of rotatable bonds is 6. The number of nitrogens with zero attached hydrogens (tertiary/aromatic N) is 2. The summed E-state index contributed by atoms with van der Waals surface area (Å²) in [7, 11) is 0. The number of aliphatic hydroxyl groups is 1. The lowest BCUT2D eigenvalue weighted by molar-refractivity contribution is -0.121. The molecule has 5 nitrogen and oxygen atoms in total. The average molecular weight is 340 g/mol. The van der Waals surface area contributed by atoms with E-state index in [9.17, 15) is 9.90 Å². The minimum atomic E-state index is -0.633. The average Bonchev–Trinajstić information content (AvgIpc) is 2.64. The van der Waals surface area contributed by atoms with Gasteiger partial charge in [0.05, 0.1) is 18.3 Å². The van der Waals surface area contributed by atoms with Crippen molar-refractivity contribution in [3.05, 3.63) is 60.7 Å². The molecule has 132 valence electrons. The molecule has 1 aromatic rings. The van der Waals surface area contributed by atoms with E-state index >= 15 is 0 Å². The van der Waals surface area contributed by atoms with Gasteiger partial charge in [-0.2, -0.15) is 0 Å². The fourth-order valence-corrected chi connectivity index (χ4v) is 3.37. The fourth-order valence-electron chi connectivity index (χ4n) is 3.37. The molecule has 25 heavy (non-hydrogen) atoms. The summed E-state index contributed by atoms with van der Waals surface area (Å²) in [4.78, 5) is 16.0. The third-order valence-electron chi connectivity index (χ3n) is 4.67. The zero-order valence-corrected chi connectivity index (χ0v) is 14.4. The number of β-amino-alcohol motifs (C(OH)–C–C–N with tert-alkyl or cyclic N) is 1. The van der Waals surface area contributed by atoms with Crippen molar-refractivity contribution in [2.24, 2.45) is 0 Å². The number of carbonyl (C=O) groups excluding carboxylic acids is 1. The Morgan fingerprint density at radius 2 is 1.96 bits per heavy atom. The third kappa shape index (κ3) is 3.83. The minimum Gasteiger partial charge on any atom is -0.482 e. The zero-order valence-electron chi connectivity index (χ0n) is 14.4. The molecule has 1 N–H and O–H groups in total. The van der Waals surface area contributed by atoms with Crippen LogP contribution in [0.4, 0.5) is 5.69 Å². The number of hydrogen-bond acceptors (Lipinski definition) is 4.